The van der Waals surface area contributed by atoms with Gasteiger partial charge in [0.25, 0.3) is 0 Å². The van der Waals surface area contributed by atoms with E-state index in [4.69, 9.17) is 5.73 Å². The number of carbonyl (C=O) groups excluding carboxylic acids is 1. The molecule has 20 heavy (non-hydrogen) atoms. The molecule has 0 bridgehead atoms. The second-order valence-electron chi connectivity index (χ2n) is 5.04. The van der Waals surface area contributed by atoms with Crippen LogP contribution >= 0.6 is 0 Å². The molecule has 0 radical (unpaired) electrons. The van der Waals surface area contributed by atoms with E-state index >= 15 is 0 Å². The molecule has 0 aliphatic carbocycles. The summed E-state index contributed by atoms with van der Waals surface area (Å²) in [4.78, 5) is 11.0. The molecule has 0 saturated carbocycles. The molecule has 1 aromatic carbocycles. The molecule has 1 aliphatic heterocycles. The molecule has 3 N–H and O–H groups in total. The SMILES string of the molecule is CC(=O)NC1CCN(S(=O)(=O)Cc2ccc(N)cc2)C1. The van der Waals surface area contributed by atoms with Gasteiger partial charge >= 0.3 is 0 Å². The van der Waals surface area contributed by atoms with Crippen LogP contribution in [0.4, 0.5) is 5.69 Å². The fraction of sp³-hybridized carbons (Fsp3) is 0.462. The van der Waals surface area contributed by atoms with Crippen LogP contribution in [0.5, 0.6) is 0 Å². The molecule has 1 aromatic rings. The summed E-state index contributed by atoms with van der Waals surface area (Å²) in [6.45, 7) is 2.23. The molecule has 1 fully saturated rings. The Morgan fingerprint density at radius 3 is 2.65 bits per heavy atom. The maximum atomic E-state index is 12.3. The molecular formula is C13H19N3O3S. The Balaban J connectivity index is 2.01. The summed E-state index contributed by atoms with van der Waals surface area (Å²) in [5, 5.41) is 2.75. The zero-order valence-corrected chi connectivity index (χ0v) is 12.2. The van der Waals surface area contributed by atoms with Crippen LogP contribution in [0.3, 0.4) is 0 Å². The minimum Gasteiger partial charge on any atom is -0.399 e. The number of amides is 1. The number of carbonyl (C=O) groups is 1. The van der Waals surface area contributed by atoms with Crippen molar-refractivity contribution in [2.24, 2.45) is 0 Å². The van der Waals surface area contributed by atoms with Gasteiger partial charge in [0.05, 0.1) is 5.75 Å². The lowest BCUT2D eigenvalue weighted by Gasteiger charge is -2.17. The lowest BCUT2D eigenvalue weighted by atomic mass is 10.2. The first-order valence-corrected chi connectivity index (χ1v) is 8.07. The number of hydrogen-bond donors (Lipinski definition) is 2. The third kappa shape index (κ3) is 3.71. The molecular weight excluding hydrogens is 278 g/mol. The summed E-state index contributed by atoms with van der Waals surface area (Å²) in [5.41, 5.74) is 6.90. The number of nitrogens with one attached hydrogen (secondary N) is 1. The predicted octanol–water partition coefficient (Wildman–Crippen LogP) is 0.309. The van der Waals surface area contributed by atoms with Crippen LogP contribution in [-0.2, 0) is 20.6 Å². The van der Waals surface area contributed by atoms with Gasteiger partial charge in [0, 0.05) is 31.7 Å². The first kappa shape index (κ1) is 14.8. The molecule has 1 atom stereocenters. The fourth-order valence-corrected chi connectivity index (χ4v) is 3.89. The maximum Gasteiger partial charge on any atom is 0.218 e. The van der Waals surface area contributed by atoms with E-state index in [1.807, 2.05) is 0 Å². The van der Waals surface area contributed by atoms with Gasteiger partial charge in [-0.15, -0.1) is 0 Å². The Morgan fingerprint density at radius 2 is 2.05 bits per heavy atom. The Morgan fingerprint density at radius 1 is 1.40 bits per heavy atom. The molecule has 6 nitrogen and oxygen atoms in total. The van der Waals surface area contributed by atoms with Crippen LogP contribution in [0, 0.1) is 0 Å². The Bertz CT molecular complexity index is 583. The monoisotopic (exact) mass is 297 g/mol. The normalized spacial score (nSPS) is 19.9. The highest BCUT2D eigenvalue weighted by molar-refractivity contribution is 7.88. The lowest BCUT2D eigenvalue weighted by Crippen LogP contribution is -2.37. The zero-order valence-electron chi connectivity index (χ0n) is 11.4. The average molecular weight is 297 g/mol. The number of nitrogens with two attached hydrogens (primary N) is 1. The van der Waals surface area contributed by atoms with Gasteiger partial charge in [0.1, 0.15) is 0 Å². The first-order valence-electron chi connectivity index (χ1n) is 6.46. The van der Waals surface area contributed by atoms with E-state index in [1.165, 1.54) is 11.2 Å². The second kappa shape index (κ2) is 5.80. The molecule has 1 amide bonds. The second-order valence-corrected chi connectivity index (χ2v) is 7.01. The van der Waals surface area contributed by atoms with Crippen LogP contribution < -0.4 is 11.1 Å². The van der Waals surface area contributed by atoms with Crippen molar-refractivity contribution in [2.75, 3.05) is 18.8 Å². The lowest BCUT2D eigenvalue weighted by molar-refractivity contribution is -0.119. The van der Waals surface area contributed by atoms with E-state index in [9.17, 15) is 13.2 Å². The summed E-state index contributed by atoms with van der Waals surface area (Å²) >= 11 is 0. The third-order valence-corrected chi connectivity index (χ3v) is 5.10. The van der Waals surface area contributed by atoms with E-state index in [-0.39, 0.29) is 17.7 Å². The summed E-state index contributed by atoms with van der Waals surface area (Å²) in [6.07, 6.45) is 0.653. The van der Waals surface area contributed by atoms with Crippen LogP contribution in [0.1, 0.15) is 18.9 Å². The summed E-state index contributed by atoms with van der Waals surface area (Å²) < 4.78 is 26.0. The van der Waals surface area contributed by atoms with Gasteiger partial charge in [0.2, 0.25) is 15.9 Å². The van der Waals surface area contributed by atoms with E-state index in [0.29, 0.717) is 30.8 Å². The van der Waals surface area contributed by atoms with E-state index in [1.54, 1.807) is 24.3 Å². The molecule has 0 spiro atoms. The Labute approximate surface area is 119 Å². The number of nitrogens with zero attached hydrogens (tertiary/aromatic N) is 1. The van der Waals surface area contributed by atoms with Crippen LogP contribution in [0.2, 0.25) is 0 Å². The number of benzene rings is 1. The van der Waals surface area contributed by atoms with Gasteiger partial charge < -0.3 is 11.1 Å². The van der Waals surface area contributed by atoms with Crippen LogP contribution in [0.15, 0.2) is 24.3 Å². The highest BCUT2D eigenvalue weighted by Crippen LogP contribution is 2.18. The van der Waals surface area contributed by atoms with Gasteiger partial charge in [-0.2, -0.15) is 4.31 Å². The highest BCUT2D eigenvalue weighted by atomic mass is 32.2. The highest BCUT2D eigenvalue weighted by Gasteiger charge is 2.31. The fourth-order valence-electron chi connectivity index (χ4n) is 2.30. The van der Waals surface area contributed by atoms with Crippen molar-refractivity contribution in [2.45, 2.75) is 25.1 Å². The van der Waals surface area contributed by atoms with E-state index in [2.05, 4.69) is 5.32 Å². The quantitative estimate of drug-likeness (QED) is 0.782. The third-order valence-electron chi connectivity index (χ3n) is 3.28. The van der Waals surface area contributed by atoms with Crippen molar-refractivity contribution in [1.82, 2.24) is 9.62 Å². The largest absolute Gasteiger partial charge is 0.399 e. The number of rotatable bonds is 4. The predicted molar refractivity (Wildman–Crippen MR) is 77.3 cm³/mol. The number of sulfonamides is 1. The topological polar surface area (TPSA) is 92.5 Å². The van der Waals surface area contributed by atoms with Crippen molar-refractivity contribution in [3.63, 3.8) is 0 Å². The molecule has 1 saturated heterocycles. The van der Waals surface area contributed by atoms with Gasteiger partial charge in [-0.05, 0) is 24.1 Å². The standard InChI is InChI=1S/C13H19N3O3S/c1-10(17)15-13-6-7-16(8-13)20(18,19)9-11-2-4-12(14)5-3-11/h2-5,13H,6-9,14H2,1H3,(H,15,17). The number of anilines is 1. The molecule has 7 heteroatoms. The van der Waals surface area contributed by atoms with Crippen molar-refractivity contribution in [1.29, 1.82) is 0 Å². The summed E-state index contributed by atoms with van der Waals surface area (Å²) in [5.74, 6) is -0.173. The van der Waals surface area contributed by atoms with Gasteiger partial charge in [-0.25, -0.2) is 8.42 Å². The molecule has 1 heterocycles. The van der Waals surface area contributed by atoms with Crippen molar-refractivity contribution in [3.8, 4) is 0 Å². The molecule has 0 aromatic heterocycles. The Kier molecular flexibility index (Phi) is 4.29. The molecule has 1 unspecified atom stereocenters. The van der Waals surface area contributed by atoms with Gasteiger partial charge in [-0.1, -0.05) is 12.1 Å². The van der Waals surface area contributed by atoms with Gasteiger partial charge in [0.15, 0.2) is 0 Å². The molecule has 1 aliphatic rings. The zero-order chi connectivity index (χ0) is 14.8. The molecule has 2 rings (SSSR count). The Hall–Kier alpha value is -1.60. The van der Waals surface area contributed by atoms with Crippen molar-refractivity contribution < 1.29 is 13.2 Å². The van der Waals surface area contributed by atoms with E-state index < -0.39 is 10.0 Å². The minimum absolute atomic E-state index is 0.0416. The number of nitrogen functional groups attached to an aromatic ring is 1. The first-order chi connectivity index (χ1) is 9.37. The smallest absolute Gasteiger partial charge is 0.218 e. The maximum absolute atomic E-state index is 12.3. The van der Waals surface area contributed by atoms with Crippen molar-refractivity contribution in [3.05, 3.63) is 29.8 Å². The van der Waals surface area contributed by atoms with E-state index in [0.717, 1.165) is 0 Å². The summed E-state index contributed by atoms with van der Waals surface area (Å²) in [7, 11) is -3.35. The van der Waals surface area contributed by atoms with Crippen LogP contribution in [-0.4, -0.2) is 37.8 Å². The minimum atomic E-state index is -3.35. The summed E-state index contributed by atoms with van der Waals surface area (Å²) in [6, 6.07) is 6.72. The number of hydrogen-bond acceptors (Lipinski definition) is 4. The average Bonchev–Trinajstić information content (AvgIpc) is 2.80. The van der Waals surface area contributed by atoms with Gasteiger partial charge in [-0.3, -0.25) is 4.79 Å². The van der Waals surface area contributed by atoms with Crippen LogP contribution in [0.25, 0.3) is 0 Å². The molecule has 110 valence electrons. The van der Waals surface area contributed by atoms with Crippen molar-refractivity contribution >= 4 is 21.6 Å².